The highest BCUT2D eigenvalue weighted by atomic mass is 16.5. The van der Waals surface area contributed by atoms with Crippen molar-refractivity contribution in [3.63, 3.8) is 0 Å². The van der Waals surface area contributed by atoms with Gasteiger partial charge in [-0.2, -0.15) is 0 Å². The van der Waals surface area contributed by atoms with E-state index in [0.717, 1.165) is 0 Å². The SMILES string of the molecule is [2H]C(=O)OCc1ccc(NC(=O)[C@H](CCCNC(N)=O)NC(=O)[C@@H](N)C(C)C)cc1. The number of hydrogen-bond acceptors (Lipinski definition) is 6. The number of anilines is 1. The summed E-state index contributed by atoms with van der Waals surface area (Å²) in [6, 6.07) is 4.20. The number of hydrogen-bond donors (Lipinski definition) is 5. The minimum absolute atomic E-state index is 0.0464. The molecule has 4 amide bonds. The van der Waals surface area contributed by atoms with Gasteiger partial charge in [0.1, 0.15) is 12.6 Å². The summed E-state index contributed by atoms with van der Waals surface area (Å²) >= 11 is 0. The van der Waals surface area contributed by atoms with Crippen molar-refractivity contribution in [3.05, 3.63) is 29.8 Å². The second kappa shape index (κ2) is 12.3. The van der Waals surface area contributed by atoms with Crippen molar-refractivity contribution in [2.24, 2.45) is 17.4 Å². The molecular formula is C19H29N5O5. The largest absolute Gasteiger partial charge is 0.463 e. The van der Waals surface area contributed by atoms with Gasteiger partial charge in [0.2, 0.25) is 11.8 Å². The predicted molar refractivity (Wildman–Crippen MR) is 107 cm³/mol. The average Bonchev–Trinajstić information content (AvgIpc) is 2.68. The standard InChI is InChI=1S/C19H29N5O5/c1-12(2)16(20)18(27)24-15(4-3-9-22-19(21)28)17(26)23-14-7-5-13(6-8-14)10-29-11-25/h5-8,11-12,15-16H,3-4,9-10,20H2,1-2H3,(H,23,26)(H,24,27)(H3,21,22,28)/t15-,16-/m0/s1/i11D. The topological polar surface area (TPSA) is 166 Å². The highest BCUT2D eigenvalue weighted by Gasteiger charge is 2.25. The molecule has 0 fully saturated rings. The Kier molecular flexibility index (Phi) is 9.43. The molecule has 10 nitrogen and oxygen atoms in total. The summed E-state index contributed by atoms with van der Waals surface area (Å²) < 4.78 is 11.3. The molecule has 160 valence electrons. The highest BCUT2D eigenvalue weighted by molar-refractivity contribution is 5.97. The van der Waals surface area contributed by atoms with Gasteiger partial charge < -0.3 is 32.2 Å². The third-order valence-electron chi connectivity index (χ3n) is 4.14. The van der Waals surface area contributed by atoms with Crippen molar-refractivity contribution < 1.29 is 25.3 Å². The van der Waals surface area contributed by atoms with Crippen LogP contribution in [0.3, 0.4) is 0 Å². The molecule has 0 aliphatic rings. The monoisotopic (exact) mass is 408 g/mol. The number of urea groups is 1. The summed E-state index contributed by atoms with van der Waals surface area (Å²) in [5, 5.41) is 7.79. The first kappa shape index (κ1) is 22.2. The van der Waals surface area contributed by atoms with Crippen molar-refractivity contribution in [1.29, 1.82) is 0 Å². The molecule has 0 radical (unpaired) electrons. The van der Waals surface area contributed by atoms with Gasteiger partial charge in [0, 0.05) is 12.2 Å². The van der Waals surface area contributed by atoms with Gasteiger partial charge in [0.25, 0.3) is 6.45 Å². The molecule has 7 N–H and O–H groups in total. The van der Waals surface area contributed by atoms with E-state index < -0.39 is 36.4 Å². The molecule has 1 aromatic rings. The minimum Gasteiger partial charge on any atom is -0.463 e. The van der Waals surface area contributed by atoms with Crippen LogP contribution in [0.4, 0.5) is 10.5 Å². The van der Waals surface area contributed by atoms with E-state index in [1.807, 2.05) is 0 Å². The summed E-state index contributed by atoms with van der Waals surface area (Å²) in [7, 11) is 0. The van der Waals surface area contributed by atoms with Crippen LogP contribution in [0.1, 0.15) is 33.6 Å². The lowest BCUT2D eigenvalue weighted by Crippen LogP contribution is -2.51. The summed E-state index contributed by atoms with van der Waals surface area (Å²) in [5.41, 5.74) is 12.0. The van der Waals surface area contributed by atoms with Crippen LogP contribution in [0, 0.1) is 5.92 Å². The lowest BCUT2D eigenvalue weighted by Gasteiger charge is -2.22. The van der Waals surface area contributed by atoms with Crippen LogP contribution in [0.5, 0.6) is 0 Å². The molecule has 29 heavy (non-hydrogen) atoms. The van der Waals surface area contributed by atoms with Gasteiger partial charge in [0.05, 0.1) is 6.04 Å². The number of amides is 4. The summed E-state index contributed by atoms with van der Waals surface area (Å²) in [4.78, 5) is 46.3. The lowest BCUT2D eigenvalue weighted by molar-refractivity contribution is -0.129. The molecule has 0 aliphatic heterocycles. The molecule has 2 atom stereocenters. The van der Waals surface area contributed by atoms with Crippen LogP contribution in [0.15, 0.2) is 24.3 Å². The van der Waals surface area contributed by atoms with Crippen LogP contribution < -0.4 is 27.4 Å². The van der Waals surface area contributed by atoms with Gasteiger partial charge in [-0.1, -0.05) is 26.0 Å². The Labute approximate surface area is 171 Å². The zero-order chi connectivity index (χ0) is 22.7. The van der Waals surface area contributed by atoms with E-state index in [9.17, 15) is 19.2 Å². The van der Waals surface area contributed by atoms with Gasteiger partial charge in [-0.25, -0.2) is 4.79 Å². The molecule has 10 heteroatoms. The van der Waals surface area contributed by atoms with Crippen LogP contribution in [0.2, 0.25) is 0 Å². The van der Waals surface area contributed by atoms with E-state index >= 15 is 0 Å². The summed E-state index contributed by atoms with van der Waals surface area (Å²) in [6.45, 7) is 3.81. The van der Waals surface area contributed by atoms with Gasteiger partial charge in [-0.05, 0) is 36.5 Å². The van der Waals surface area contributed by atoms with Crippen molar-refractivity contribution in [3.8, 4) is 0 Å². The van der Waals surface area contributed by atoms with Gasteiger partial charge >= 0.3 is 6.03 Å². The Morgan fingerprint density at radius 3 is 2.41 bits per heavy atom. The van der Waals surface area contributed by atoms with E-state index in [1.165, 1.54) is 0 Å². The molecule has 0 aliphatic carbocycles. The molecule has 0 spiro atoms. The Balaban J connectivity index is 2.75. The van der Waals surface area contributed by atoms with Crippen molar-refractivity contribution >= 4 is 30.0 Å². The highest BCUT2D eigenvalue weighted by Crippen LogP contribution is 2.12. The third-order valence-corrected chi connectivity index (χ3v) is 4.14. The third kappa shape index (κ3) is 9.06. The van der Waals surface area contributed by atoms with Gasteiger partial charge in [0.15, 0.2) is 1.37 Å². The Hall–Kier alpha value is -3.14. The first-order chi connectivity index (χ1) is 14.1. The zero-order valence-corrected chi connectivity index (χ0v) is 16.6. The number of nitrogens with one attached hydrogen (secondary N) is 3. The van der Waals surface area contributed by atoms with E-state index in [0.29, 0.717) is 17.7 Å². The molecule has 0 aromatic heterocycles. The Morgan fingerprint density at radius 2 is 1.86 bits per heavy atom. The molecule has 0 saturated heterocycles. The number of carbonyl (C=O) groups is 4. The number of carbonyl (C=O) groups excluding carboxylic acids is 4. The first-order valence-corrected chi connectivity index (χ1v) is 9.22. The Bertz CT molecular complexity index is 741. The fourth-order valence-corrected chi connectivity index (χ4v) is 2.38. The number of rotatable bonds is 11. The van der Waals surface area contributed by atoms with Crippen LogP contribution in [-0.4, -0.2) is 42.9 Å². The van der Waals surface area contributed by atoms with E-state index in [-0.39, 0.29) is 25.5 Å². The maximum absolute atomic E-state index is 12.7. The van der Waals surface area contributed by atoms with Crippen molar-refractivity contribution in [2.75, 3.05) is 11.9 Å². The zero-order valence-electron chi connectivity index (χ0n) is 17.6. The fraction of sp³-hybridized carbons (Fsp3) is 0.474. The molecule has 0 heterocycles. The quantitative estimate of drug-likeness (QED) is 0.259. The molecule has 1 rings (SSSR count). The van der Waals surface area contributed by atoms with Crippen LogP contribution in [-0.2, 0) is 25.7 Å². The molecule has 0 saturated carbocycles. The predicted octanol–water partition coefficient (Wildman–Crippen LogP) is 0.215. The number of nitrogens with two attached hydrogens (primary N) is 2. The van der Waals surface area contributed by atoms with Crippen LogP contribution >= 0.6 is 0 Å². The second-order valence-electron chi connectivity index (χ2n) is 6.82. The smallest absolute Gasteiger partial charge is 0.312 e. The van der Waals surface area contributed by atoms with Gasteiger partial charge in [-0.15, -0.1) is 0 Å². The molecular weight excluding hydrogens is 378 g/mol. The average molecular weight is 408 g/mol. The van der Waals surface area contributed by atoms with E-state index in [2.05, 4.69) is 20.7 Å². The number of ether oxygens (including phenoxy) is 1. The summed E-state index contributed by atoms with van der Waals surface area (Å²) in [5.74, 6) is -0.986. The molecule has 1 aromatic carbocycles. The lowest BCUT2D eigenvalue weighted by atomic mass is 10.0. The number of benzene rings is 1. The second-order valence-corrected chi connectivity index (χ2v) is 6.82. The van der Waals surface area contributed by atoms with Crippen LogP contribution in [0.25, 0.3) is 0 Å². The number of primary amides is 1. The normalized spacial score (nSPS) is 13.0. The van der Waals surface area contributed by atoms with E-state index in [1.54, 1.807) is 38.1 Å². The maximum Gasteiger partial charge on any atom is 0.312 e. The fourth-order valence-electron chi connectivity index (χ4n) is 2.38. The van der Waals surface area contributed by atoms with Gasteiger partial charge in [-0.3, -0.25) is 14.4 Å². The molecule has 0 unspecified atom stereocenters. The molecule has 0 bridgehead atoms. The van der Waals surface area contributed by atoms with Crippen molar-refractivity contribution in [1.82, 2.24) is 10.6 Å². The Morgan fingerprint density at radius 1 is 1.21 bits per heavy atom. The van der Waals surface area contributed by atoms with Crippen molar-refractivity contribution in [2.45, 2.75) is 45.4 Å². The maximum atomic E-state index is 12.7. The minimum atomic E-state index is -1.13. The van der Waals surface area contributed by atoms with E-state index in [4.69, 9.17) is 12.8 Å². The first-order valence-electron chi connectivity index (χ1n) is 9.72. The summed E-state index contributed by atoms with van der Waals surface area (Å²) in [6.07, 6.45) is -0.452.